The molecule has 4 aromatic carbocycles. The zero-order chi connectivity index (χ0) is 33.5. The third-order valence-corrected chi connectivity index (χ3v) is 15.8. The maximum atomic E-state index is 6.36. The number of allylic oxidation sites excluding steroid dienone is 2. The van der Waals surface area contributed by atoms with E-state index in [4.69, 9.17) is 4.74 Å². The molecule has 0 spiro atoms. The summed E-state index contributed by atoms with van der Waals surface area (Å²) >= 11 is 1.08. The van der Waals surface area contributed by atoms with E-state index < -0.39 is 7.05 Å². The number of hydrogen-bond acceptors (Lipinski definition) is 2. The molecule has 4 heteroatoms. The third kappa shape index (κ3) is 6.15. The first-order chi connectivity index (χ1) is 22.6. The number of hydrogen-bond donors (Lipinski definition) is 0. The first kappa shape index (κ1) is 34.1. The first-order valence-corrected chi connectivity index (χ1v) is 21.0. The van der Waals surface area contributed by atoms with Crippen molar-refractivity contribution >= 4 is 45.8 Å². The van der Waals surface area contributed by atoms with Crippen molar-refractivity contribution in [1.29, 1.82) is 0 Å². The second-order valence-electron chi connectivity index (χ2n) is 15.0. The SMILES string of the molecule is CC(C)c1cccc(C(C)C)c1N=P(C1=C([N]([GeH2])c2c(C(C)C)cccc2C(C)C)C2CCC1C2)(c1ccccc1)c1ccccc1. The van der Waals surface area contributed by atoms with Gasteiger partial charge in [0.2, 0.25) is 0 Å². The van der Waals surface area contributed by atoms with Crippen LogP contribution in [0.1, 0.15) is 121 Å². The summed E-state index contributed by atoms with van der Waals surface area (Å²) in [5.41, 5.74) is 10.0. The molecule has 0 amide bonds. The predicted octanol–water partition coefficient (Wildman–Crippen LogP) is 11.4. The molecule has 2 atom stereocenters. The summed E-state index contributed by atoms with van der Waals surface area (Å²) in [6, 6.07) is 36.9. The molecule has 2 unspecified atom stereocenters. The minimum atomic E-state index is -2.47. The molecule has 4 aromatic rings. The Hall–Kier alpha value is -2.81. The molecule has 245 valence electrons. The van der Waals surface area contributed by atoms with Crippen LogP contribution in [0.2, 0.25) is 0 Å². The maximum absolute atomic E-state index is 6.36. The molecular formula is C43H54GeN2P. The van der Waals surface area contributed by atoms with Gasteiger partial charge in [0.05, 0.1) is 0 Å². The Morgan fingerprint density at radius 2 is 1.00 bits per heavy atom. The van der Waals surface area contributed by atoms with Crippen molar-refractivity contribution < 1.29 is 0 Å². The quantitative estimate of drug-likeness (QED) is 0.119. The summed E-state index contributed by atoms with van der Waals surface area (Å²) in [4.78, 5) is 0. The van der Waals surface area contributed by atoms with Gasteiger partial charge in [0.15, 0.2) is 0 Å². The third-order valence-electron chi connectivity index (χ3n) is 10.6. The van der Waals surface area contributed by atoms with Gasteiger partial charge in [-0.1, -0.05) is 0 Å². The van der Waals surface area contributed by atoms with Crippen LogP contribution in [0.4, 0.5) is 11.4 Å². The van der Waals surface area contributed by atoms with Crippen molar-refractivity contribution in [2.75, 3.05) is 3.86 Å². The van der Waals surface area contributed by atoms with Crippen LogP contribution < -0.4 is 14.5 Å². The zero-order valence-electron chi connectivity index (χ0n) is 29.9. The Labute approximate surface area is 293 Å². The topological polar surface area (TPSA) is 15.6 Å². The van der Waals surface area contributed by atoms with Crippen molar-refractivity contribution in [1.82, 2.24) is 0 Å². The van der Waals surface area contributed by atoms with E-state index in [0.717, 1.165) is 16.7 Å². The molecule has 0 aromatic heterocycles. The molecule has 1 radical (unpaired) electrons. The van der Waals surface area contributed by atoms with Crippen LogP contribution in [-0.4, -0.2) is 16.7 Å². The van der Waals surface area contributed by atoms with Gasteiger partial charge in [-0.2, -0.15) is 0 Å². The molecule has 2 nitrogen and oxygen atoms in total. The summed E-state index contributed by atoms with van der Waals surface area (Å²) in [6.45, 7) is 18.8. The van der Waals surface area contributed by atoms with Gasteiger partial charge >= 0.3 is 295 Å². The summed E-state index contributed by atoms with van der Waals surface area (Å²) in [5, 5.41) is 4.42. The van der Waals surface area contributed by atoms with Crippen molar-refractivity contribution in [3.63, 3.8) is 0 Å². The number of anilines is 1. The molecule has 47 heavy (non-hydrogen) atoms. The van der Waals surface area contributed by atoms with Gasteiger partial charge in [-0.15, -0.1) is 0 Å². The van der Waals surface area contributed by atoms with Crippen LogP contribution in [-0.2, 0) is 0 Å². The van der Waals surface area contributed by atoms with E-state index in [2.05, 4.69) is 156 Å². The Morgan fingerprint density at radius 3 is 1.45 bits per heavy atom. The normalized spacial score (nSPS) is 17.9. The van der Waals surface area contributed by atoms with E-state index in [-0.39, 0.29) is 0 Å². The molecule has 2 bridgehead atoms. The molecule has 0 heterocycles. The van der Waals surface area contributed by atoms with E-state index in [9.17, 15) is 0 Å². The Morgan fingerprint density at radius 1 is 0.574 bits per heavy atom. The summed E-state index contributed by atoms with van der Waals surface area (Å²) in [7, 11) is -2.47. The van der Waals surface area contributed by atoms with Crippen molar-refractivity contribution in [2.24, 2.45) is 16.6 Å². The summed E-state index contributed by atoms with van der Waals surface area (Å²) in [6.07, 6.45) is 3.80. The molecule has 0 saturated heterocycles. The molecule has 0 N–H and O–H groups in total. The zero-order valence-corrected chi connectivity index (χ0v) is 33.7. The number of para-hydroxylation sites is 1. The van der Waals surface area contributed by atoms with E-state index in [0.29, 0.717) is 35.5 Å². The molecule has 2 aliphatic rings. The molecule has 2 aliphatic carbocycles. The predicted molar refractivity (Wildman–Crippen MR) is 209 cm³/mol. The van der Waals surface area contributed by atoms with E-state index in [1.54, 1.807) is 11.0 Å². The van der Waals surface area contributed by atoms with E-state index >= 15 is 0 Å². The summed E-state index contributed by atoms with van der Waals surface area (Å²) < 4.78 is 9.14. The van der Waals surface area contributed by atoms with Gasteiger partial charge in [0.25, 0.3) is 0 Å². The Bertz CT molecular complexity index is 1710. The first-order valence-electron chi connectivity index (χ1n) is 17.9. The van der Waals surface area contributed by atoms with Crippen LogP contribution >= 0.6 is 7.05 Å². The fourth-order valence-electron chi connectivity index (χ4n) is 8.29. The van der Waals surface area contributed by atoms with Crippen LogP contribution in [0, 0.1) is 11.8 Å². The number of benzene rings is 4. The monoisotopic (exact) mass is 703 g/mol. The van der Waals surface area contributed by atoms with Crippen molar-refractivity contribution in [2.45, 2.75) is 98.3 Å². The molecule has 0 aliphatic heterocycles. The van der Waals surface area contributed by atoms with Crippen LogP contribution in [0.15, 0.2) is 113 Å². The van der Waals surface area contributed by atoms with E-state index in [1.807, 2.05) is 0 Å². The fourth-order valence-corrected chi connectivity index (χ4v) is 14.6. The average Bonchev–Trinajstić information content (AvgIpc) is 3.70. The molecular weight excluding hydrogens is 648 g/mol. The van der Waals surface area contributed by atoms with Gasteiger partial charge in [-0.05, 0) is 0 Å². The van der Waals surface area contributed by atoms with E-state index in [1.165, 1.54) is 63.5 Å². The standard InChI is InChI=1S/C43H54GeN2P/c1-28(2)36-21-15-22-37(29(3)4)40(36)45-47(34-17-11-9-12-18-34,35-19-13-10-14-20-35)43-33-26-25-32(27-33)41(43)46(44)42-38(30(5)6)23-16-24-39(42)31(7)8/h9-24,28-33H,25-27,44H2,1-8H3. The molecule has 1 fully saturated rings. The second-order valence-corrected chi connectivity index (χ2v) is 19.3. The number of rotatable bonds is 10. The van der Waals surface area contributed by atoms with Gasteiger partial charge in [0, 0.05) is 0 Å². The molecule has 1 saturated carbocycles. The van der Waals surface area contributed by atoms with Gasteiger partial charge in [-0.3, -0.25) is 0 Å². The van der Waals surface area contributed by atoms with Crippen molar-refractivity contribution in [3.8, 4) is 0 Å². The van der Waals surface area contributed by atoms with Crippen LogP contribution in [0.25, 0.3) is 0 Å². The van der Waals surface area contributed by atoms with Crippen LogP contribution in [0.3, 0.4) is 0 Å². The Kier molecular flexibility index (Phi) is 10.1. The Balaban J connectivity index is 1.81. The van der Waals surface area contributed by atoms with Gasteiger partial charge in [0.1, 0.15) is 0 Å². The van der Waals surface area contributed by atoms with Gasteiger partial charge in [-0.25, -0.2) is 0 Å². The number of nitrogens with zero attached hydrogens (tertiary/aromatic N) is 2. The average molecular weight is 703 g/mol. The van der Waals surface area contributed by atoms with Crippen LogP contribution in [0.5, 0.6) is 0 Å². The fraction of sp³-hybridized carbons (Fsp3) is 0.395. The minimum absolute atomic E-state index is 0.384. The number of fused-ring (bicyclic) bond motifs is 2. The molecule has 6 rings (SSSR count). The van der Waals surface area contributed by atoms with Crippen molar-refractivity contribution in [3.05, 3.63) is 130 Å². The second kappa shape index (κ2) is 14.0. The van der Waals surface area contributed by atoms with Gasteiger partial charge < -0.3 is 0 Å². The summed E-state index contributed by atoms with van der Waals surface area (Å²) in [5.74, 6) is 2.81.